The van der Waals surface area contributed by atoms with E-state index in [1.807, 2.05) is 36.4 Å². The van der Waals surface area contributed by atoms with Crippen LogP contribution in [0.15, 0.2) is 65.7 Å². The number of carbonyl (C=O) groups is 1. The lowest BCUT2D eigenvalue weighted by molar-refractivity contribution is -0.125. The van der Waals surface area contributed by atoms with Gasteiger partial charge in [-0.05, 0) is 35.9 Å². The first-order valence-corrected chi connectivity index (χ1v) is 8.96. The maximum Gasteiger partial charge on any atom is 0.387 e. The number of carbonyl (C=O) groups excluding carboxylic acids is 1. The topological polar surface area (TPSA) is 41.9 Å². The zero-order valence-electron chi connectivity index (χ0n) is 13.5. The fraction of sp³-hybridized carbons (Fsp3) is 0.158. The molecule has 2 aliphatic heterocycles. The van der Waals surface area contributed by atoms with Gasteiger partial charge in [-0.2, -0.15) is 8.78 Å². The standard InChI is InChI=1S/C19H14F2N2O2S/c20-18(21)25-14-8-6-12(7-9-14)15-10-16(13-4-2-1-3-5-13)23-17(24)11-26-19(23)22-15/h1-10,16,18H,11H2/t16-/m1/s1. The molecular formula is C19H14F2N2O2S. The molecule has 0 radical (unpaired) electrons. The van der Waals surface area contributed by atoms with Gasteiger partial charge in [0.15, 0.2) is 5.17 Å². The van der Waals surface area contributed by atoms with Gasteiger partial charge in [0.2, 0.25) is 5.91 Å². The van der Waals surface area contributed by atoms with Crippen molar-refractivity contribution in [1.82, 2.24) is 4.90 Å². The van der Waals surface area contributed by atoms with E-state index in [9.17, 15) is 13.6 Å². The molecule has 2 aromatic rings. The highest BCUT2D eigenvalue weighted by Gasteiger charge is 2.37. The Labute approximate surface area is 153 Å². The van der Waals surface area contributed by atoms with Crippen molar-refractivity contribution >= 4 is 28.5 Å². The summed E-state index contributed by atoms with van der Waals surface area (Å²) in [6, 6.07) is 15.8. The smallest absolute Gasteiger partial charge is 0.387 e. The van der Waals surface area contributed by atoms with E-state index in [2.05, 4.69) is 9.73 Å². The fourth-order valence-corrected chi connectivity index (χ4v) is 3.87. The van der Waals surface area contributed by atoms with Crippen LogP contribution in [0, 0.1) is 0 Å². The molecule has 2 aliphatic rings. The largest absolute Gasteiger partial charge is 0.435 e. The van der Waals surface area contributed by atoms with Gasteiger partial charge in [-0.1, -0.05) is 42.1 Å². The predicted octanol–water partition coefficient (Wildman–Crippen LogP) is 4.32. The van der Waals surface area contributed by atoms with E-state index >= 15 is 0 Å². The fourth-order valence-electron chi connectivity index (χ4n) is 2.96. The van der Waals surface area contributed by atoms with Crippen LogP contribution in [-0.2, 0) is 4.79 Å². The SMILES string of the molecule is O=C1CSC2=NC(c3ccc(OC(F)F)cc3)=C[C@H](c3ccccc3)N12. The van der Waals surface area contributed by atoms with Crippen molar-refractivity contribution in [3.63, 3.8) is 0 Å². The number of amides is 1. The van der Waals surface area contributed by atoms with Crippen molar-refractivity contribution < 1.29 is 18.3 Å². The summed E-state index contributed by atoms with van der Waals surface area (Å²) in [6.45, 7) is -2.85. The van der Waals surface area contributed by atoms with Crippen LogP contribution in [0.1, 0.15) is 17.2 Å². The van der Waals surface area contributed by atoms with Crippen molar-refractivity contribution in [1.29, 1.82) is 0 Å². The van der Waals surface area contributed by atoms with E-state index < -0.39 is 6.61 Å². The second-order valence-electron chi connectivity index (χ2n) is 5.76. The molecular weight excluding hydrogens is 358 g/mol. The third kappa shape index (κ3) is 3.22. The highest BCUT2D eigenvalue weighted by Crippen LogP contribution is 2.38. The molecule has 0 saturated carbocycles. The number of hydrogen-bond donors (Lipinski definition) is 0. The number of amidine groups is 1. The quantitative estimate of drug-likeness (QED) is 0.803. The van der Waals surface area contributed by atoms with Crippen molar-refractivity contribution in [2.75, 3.05) is 5.75 Å². The van der Waals surface area contributed by atoms with E-state index in [1.54, 1.807) is 17.0 Å². The lowest BCUT2D eigenvalue weighted by Gasteiger charge is -2.29. The molecule has 4 rings (SSSR count). The highest BCUT2D eigenvalue weighted by atomic mass is 32.2. The Hall–Kier alpha value is -2.67. The third-order valence-electron chi connectivity index (χ3n) is 4.13. The minimum atomic E-state index is -2.85. The highest BCUT2D eigenvalue weighted by molar-refractivity contribution is 8.15. The van der Waals surface area contributed by atoms with Gasteiger partial charge in [-0.3, -0.25) is 9.69 Å². The van der Waals surface area contributed by atoms with Crippen LogP contribution < -0.4 is 4.74 Å². The monoisotopic (exact) mass is 372 g/mol. The summed E-state index contributed by atoms with van der Waals surface area (Å²) in [6.07, 6.45) is 1.92. The summed E-state index contributed by atoms with van der Waals surface area (Å²) in [5.74, 6) is 0.489. The van der Waals surface area contributed by atoms with Crippen LogP contribution in [0.5, 0.6) is 5.75 Å². The molecule has 4 nitrogen and oxygen atoms in total. The first-order valence-electron chi connectivity index (χ1n) is 7.97. The van der Waals surface area contributed by atoms with Crippen LogP contribution >= 0.6 is 11.8 Å². The maximum atomic E-state index is 12.3. The molecule has 0 N–H and O–H groups in total. The van der Waals surface area contributed by atoms with Gasteiger partial charge in [0.25, 0.3) is 0 Å². The molecule has 1 atom stereocenters. The zero-order chi connectivity index (χ0) is 18.1. The molecule has 1 saturated heterocycles. The third-order valence-corrected chi connectivity index (χ3v) is 5.06. The molecule has 7 heteroatoms. The minimum Gasteiger partial charge on any atom is -0.435 e. The van der Waals surface area contributed by atoms with E-state index in [1.165, 1.54) is 23.9 Å². The van der Waals surface area contributed by atoms with Gasteiger partial charge < -0.3 is 4.74 Å². The molecule has 2 aromatic carbocycles. The normalized spacial score (nSPS) is 19.3. The Morgan fingerprint density at radius 3 is 2.54 bits per heavy atom. The van der Waals surface area contributed by atoms with Crippen molar-refractivity contribution in [3.05, 3.63) is 71.8 Å². The number of benzene rings is 2. The van der Waals surface area contributed by atoms with E-state index in [0.29, 0.717) is 16.6 Å². The van der Waals surface area contributed by atoms with Crippen molar-refractivity contribution in [2.24, 2.45) is 4.99 Å². The average Bonchev–Trinajstić information content (AvgIpc) is 3.03. The number of thioether (sulfide) groups is 1. The zero-order valence-corrected chi connectivity index (χ0v) is 14.3. The predicted molar refractivity (Wildman–Crippen MR) is 97.0 cm³/mol. The summed E-state index contributed by atoms with van der Waals surface area (Å²) in [5.41, 5.74) is 2.47. The average molecular weight is 372 g/mol. The Bertz CT molecular complexity index is 882. The first-order chi connectivity index (χ1) is 12.6. The minimum absolute atomic E-state index is 0.0265. The summed E-state index contributed by atoms with van der Waals surface area (Å²) < 4.78 is 29.0. The lowest BCUT2D eigenvalue weighted by Crippen LogP contribution is -2.34. The molecule has 1 amide bonds. The second-order valence-corrected chi connectivity index (χ2v) is 6.70. The summed E-state index contributed by atoms with van der Waals surface area (Å²) >= 11 is 1.40. The lowest BCUT2D eigenvalue weighted by atomic mass is 10.0. The number of halogens is 2. The van der Waals surface area contributed by atoms with Gasteiger partial charge in [0, 0.05) is 5.56 Å². The number of fused-ring (bicyclic) bond motifs is 1. The number of rotatable bonds is 4. The van der Waals surface area contributed by atoms with Gasteiger partial charge in [0.1, 0.15) is 5.75 Å². The van der Waals surface area contributed by atoms with E-state index in [4.69, 9.17) is 0 Å². The van der Waals surface area contributed by atoms with E-state index in [-0.39, 0.29) is 17.7 Å². The molecule has 0 aliphatic carbocycles. The number of aliphatic imine (C=N–C) groups is 1. The molecule has 26 heavy (non-hydrogen) atoms. The van der Waals surface area contributed by atoms with E-state index in [0.717, 1.165) is 11.1 Å². The molecule has 0 bridgehead atoms. The number of nitrogens with zero attached hydrogens (tertiary/aromatic N) is 2. The van der Waals surface area contributed by atoms with Crippen LogP contribution in [-0.4, -0.2) is 28.3 Å². The number of alkyl halides is 2. The summed E-state index contributed by atoms with van der Waals surface area (Å²) in [4.78, 5) is 18.6. The van der Waals surface area contributed by atoms with Crippen LogP contribution in [0.4, 0.5) is 8.78 Å². The Balaban J connectivity index is 1.70. The van der Waals surface area contributed by atoms with Gasteiger partial charge >= 0.3 is 6.61 Å². The number of ether oxygens (including phenoxy) is 1. The first kappa shape index (κ1) is 16.8. The number of hydrogen-bond acceptors (Lipinski definition) is 4. The Kier molecular flexibility index (Phi) is 4.46. The summed E-state index contributed by atoms with van der Waals surface area (Å²) in [5, 5.41) is 0.661. The molecule has 132 valence electrons. The Morgan fingerprint density at radius 2 is 1.85 bits per heavy atom. The van der Waals surface area contributed by atoms with Crippen molar-refractivity contribution in [2.45, 2.75) is 12.7 Å². The Morgan fingerprint density at radius 1 is 1.12 bits per heavy atom. The molecule has 0 unspecified atom stereocenters. The van der Waals surface area contributed by atoms with Crippen LogP contribution in [0.2, 0.25) is 0 Å². The van der Waals surface area contributed by atoms with Crippen molar-refractivity contribution in [3.8, 4) is 5.75 Å². The molecule has 0 spiro atoms. The second kappa shape index (κ2) is 6.92. The van der Waals surface area contributed by atoms with Crippen LogP contribution in [0.3, 0.4) is 0 Å². The molecule has 0 aromatic heterocycles. The van der Waals surface area contributed by atoms with Gasteiger partial charge in [0.05, 0.1) is 17.5 Å². The van der Waals surface area contributed by atoms with Crippen LogP contribution in [0.25, 0.3) is 5.70 Å². The molecule has 1 fully saturated rings. The van der Waals surface area contributed by atoms with Gasteiger partial charge in [-0.25, -0.2) is 4.99 Å². The summed E-state index contributed by atoms with van der Waals surface area (Å²) in [7, 11) is 0. The van der Waals surface area contributed by atoms with Gasteiger partial charge in [-0.15, -0.1) is 0 Å². The molecule has 2 heterocycles. The maximum absolute atomic E-state index is 12.3.